The van der Waals surface area contributed by atoms with Crippen molar-refractivity contribution in [1.29, 1.82) is 0 Å². The van der Waals surface area contributed by atoms with Gasteiger partial charge in [0.05, 0.1) is 0 Å². The number of aromatic nitrogens is 1. The first-order chi connectivity index (χ1) is 12.2. The van der Waals surface area contributed by atoms with Crippen molar-refractivity contribution in [3.8, 4) is 11.1 Å². The molecule has 130 valence electrons. The second-order valence-corrected chi connectivity index (χ2v) is 6.33. The van der Waals surface area contributed by atoms with Gasteiger partial charge in [-0.25, -0.2) is 0 Å². The van der Waals surface area contributed by atoms with Crippen molar-refractivity contribution in [3.63, 3.8) is 0 Å². The van der Waals surface area contributed by atoms with Crippen LogP contribution in [0.1, 0.15) is 20.3 Å². The maximum atomic E-state index is 12.9. The van der Waals surface area contributed by atoms with E-state index in [0.717, 1.165) is 54.5 Å². The predicted octanol–water partition coefficient (Wildman–Crippen LogP) is 4.40. The molecule has 1 aromatic heterocycles. The molecule has 0 bridgehead atoms. The van der Waals surface area contributed by atoms with E-state index in [0.29, 0.717) is 0 Å². The number of fused-ring (bicyclic) bond motifs is 1. The molecule has 0 saturated heterocycles. The minimum atomic E-state index is 0.106. The minimum Gasteiger partial charge on any atom is -0.314 e. The molecular formula is C22H26N2O. The third-order valence-corrected chi connectivity index (χ3v) is 4.85. The zero-order valence-corrected chi connectivity index (χ0v) is 15.1. The van der Waals surface area contributed by atoms with Crippen molar-refractivity contribution in [3.05, 3.63) is 71.1 Å². The lowest BCUT2D eigenvalue weighted by atomic mass is 10.0. The van der Waals surface area contributed by atoms with E-state index in [1.807, 2.05) is 53.2 Å². The number of hydrogen-bond donors (Lipinski definition) is 0. The monoisotopic (exact) mass is 334 g/mol. The van der Waals surface area contributed by atoms with Gasteiger partial charge in [0.1, 0.15) is 0 Å². The Morgan fingerprint density at radius 3 is 2.20 bits per heavy atom. The Kier molecular flexibility index (Phi) is 5.67. The number of pyridine rings is 1. The fourth-order valence-electron chi connectivity index (χ4n) is 3.36. The summed E-state index contributed by atoms with van der Waals surface area (Å²) in [5.74, 6) is 0. The summed E-state index contributed by atoms with van der Waals surface area (Å²) >= 11 is 0. The number of benzene rings is 2. The van der Waals surface area contributed by atoms with Gasteiger partial charge in [-0.15, -0.1) is 0 Å². The molecule has 0 fully saturated rings. The highest BCUT2D eigenvalue weighted by Gasteiger charge is 2.10. The first kappa shape index (κ1) is 17.4. The van der Waals surface area contributed by atoms with E-state index in [1.54, 1.807) is 0 Å². The van der Waals surface area contributed by atoms with E-state index >= 15 is 0 Å². The number of nitrogens with zero attached hydrogens (tertiary/aromatic N) is 2. The van der Waals surface area contributed by atoms with E-state index in [4.69, 9.17) is 0 Å². The fraction of sp³-hybridized carbons (Fsp3) is 0.318. The average molecular weight is 334 g/mol. The van der Waals surface area contributed by atoms with Gasteiger partial charge in [0.2, 0.25) is 0 Å². The quantitative estimate of drug-likeness (QED) is 0.640. The van der Waals surface area contributed by atoms with Gasteiger partial charge in [0.25, 0.3) is 5.56 Å². The lowest BCUT2D eigenvalue weighted by Crippen LogP contribution is -2.27. The molecule has 0 aliphatic rings. The van der Waals surface area contributed by atoms with Crippen molar-refractivity contribution < 1.29 is 0 Å². The van der Waals surface area contributed by atoms with Gasteiger partial charge >= 0.3 is 0 Å². The van der Waals surface area contributed by atoms with E-state index in [9.17, 15) is 4.79 Å². The highest BCUT2D eigenvalue weighted by molar-refractivity contribution is 5.95. The predicted molar refractivity (Wildman–Crippen MR) is 106 cm³/mol. The van der Waals surface area contributed by atoms with Crippen molar-refractivity contribution in [2.75, 3.05) is 19.6 Å². The van der Waals surface area contributed by atoms with Gasteiger partial charge in [-0.3, -0.25) is 4.79 Å². The van der Waals surface area contributed by atoms with E-state index in [2.05, 4.69) is 30.9 Å². The maximum absolute atomic E-state index is 12.9. The molecule has 3 nitrogen and oxygen atoms in total. The van der Waals surface area contributed by atoms with Gasteiger partial charge in [-0.1, -0.05) is 62.4 Å². The van der Waals surface area contributed by atoms with Crippen LogP contribution >= 0.6 is 0 Å². The molecule has 0 spiro atoms. The van der Waals surface area contributed by atoms with Crippen LogP contribution in [0.25, 0.3) is 21.9 Å². The maximum Gasteiger partial charge on any atom is 0.258 e. The summed E-state index contributed by atoms with van der Waals surface area (Å²) in [6, 6.07) is 18.2. The standard InChI is InChI=1S/C22H26N2O/c1-3-23(4-2)15-10-16-24-17-21(18-11-6-5-7-12-18)19-13-8-9-14-20(19)22(24)25/h5-9,11-14,17H,3-4,10,15-16H2,1-2H3. The van der Waals surface area contributed by atoms with Crippen molar-refractivity contribution in [1.82, 2.24) is 9.47 Å². The summed E-state index contributed by atoms with van der Waals surface area (Å²) in [5, 5.41) is 1.82. The molecule has 0 unspecified atom stereocenters. The Labute approximate surface area is 149 Å². The second kappa shape index (κ2) is 8.13. The van der Waals surface area contributed by atoms with Crippen LogP contribution in [-0.4, -0.2) is 29.1 Å². The van der Waals surface area contributed by atoms with Crippen LogP contribution in [-0.2, 0) is 6.54 Å². The molecule has 3 heteroatoms. The smallest absolute Gasteiger partial charge is 0.258 e. The Balaban J connectivity index is 1.99. The third-order valence-electron chi connectivity index (χ3n) is 4.85. The minimum absolute atomic E-state index is 0.106. The molecule has 0 radical (unpaired) electrons. The largest absolute Gasteiger partial charge is 0.314 e. The van der Waals surface area contributed by atoms with Crippen LogP contribution in [0.5, 0.6) is 0 Å². The van der Waals surface area contributed by atoms with E-state index in [-0.39, 0.29) is 5.56 Å². The normalized spacial score (nSPS) is 11.3. The molecule has 0 atom stereocenters. The molecule has 0 aliphatic carbocycles. The number of aryl methyl sites for hydroxylation is 1. The third kappa shape index (κ3) is 3.83. The van der Waals surface area contributed by atoms with Gasteiger partial charge in [-0.2, -0.15) is 0 Å². The van der Waals surface area contributed by atoms with Crippen LogP contribution in [0.2, 0.25) is 0 Å². The fourth-order valence-corrected chi connectivity index (χ4v) is 3.36. The summed E-state index contributed by atoms with van der Waals surface area (Å²) in [7, 11) is 0. The molecule has 0 aliphatic heterocycles. The van der Waals surface area contributed by atoms with Crippen LogP contribution in [0.15, 0.2) is 65.6 Å². The molecule has 1 heterocycles. The summed E-state index contributed by atoms with van der Waals surface area (Å²) in [4.78, 5) is 15.3. The molecule has 25 heavy (non-hydrogen) atoms. The Morgan fingerprint density at radius 1 is 0.880 bits per heavy atom. The highest BCUT2D eigenvalue weighted by atomic mass is 16.1. The molecule has 0 amide bonds. The molecule has 3 rings (SSSR count). The van der Waals surface area contributed by atoms with Crippen molar-refractivity contribution in [2.24, 2.45) is 0 Å². The van der Waals surface area contributed by atoms with Gasteiger partial charge in [0.15, 0.2) is 0 Å². The Bertz CT molecular complexity index is 879. The van der Waals surface area contributed by atoms with E-state index < -0.39 is 0 Å². The summed E-state index contributed by atoms with van der Waals surface area (Å²) < 4.78 is 1.88. The van der Waals surface area contributed by atoms with Gasteiger partial charge in [-0.05, 0) is 43.1 Å². The van der Waals surface area contributed by atoms with Gasteiger partial charge < -0.3 is 9.47 Å². The SMILES string of the molecule is CCN(CC)CCCn1cc(-c2ccccc2)c2ccccc2c1=O. The lowest BCUT2D eigenvalue weighted by molar-refractivity contribution is 0.293. The van der Waals surface area contributed by atoms with E-state index in [1.165, 1.54) is 0 Å². The highest BCUT2D eigenvalue weighted by Crippen LogP contribution is 2.26. The zero-order valence-electron chi connectivity index (χ0n) is 15.1. The number of rotatable bonds is 7. The summed E-state index contributed by atoms with van der Waals surface area (Å²) in [5.41, 5.74) is 2.38. The van der Waals surface area contributed by atoms with Crippen LogP contribution < -0.4 is 5.56 Å². The first-order valence-electron chi connectivity index (χ1n) is 9.14. The van der Waals surface area contributed by atoms with Crippen LogP contribution in [0.4, 0.5) is 0 Å². The second-order valence-electron chi connectivity index (χ2n) is 6.33. The topological polar surface area (TPSA) is 25.2 Å². The molecular weight excluding hydrogens is 308 g/mol. The Hall–Kier alpha value is -2.39. The lowest BCUT2D eigenvalue weighted by Gasteiger charge is -2.18. The first-order valence-corrected chi connectivity index (χ1v) is 9.14. The van der Waals surface area contributed by atoms with Crippen LogP contribution in [0, 0.1) is 0 Å². The Morgan fingerprint density at radius 2 is 1.52 bits per heavy atom. The summed E-state index contributed by atoms with van der Waals surface area (Å²) in [6.07, 6.45) is 3.01. The van der Waals surface area contributed by atoms with Crippen molar-refractivity contribution in [2.45, 2.75) is 26.8 Å². The van der Waals surface area contributed by atoms with Crippen molar-refractivity contribution >= 4 is 10.8 Å². The molecule has 0 N–H and O–H groups in total. The molecule has 2 aromatic carbocycles. The van der Waals surface area contributed by atoms with Crippen LogP contribution in [0.3, 0.4) is 0 Å². The van der Waals surface area contributed by atoms with Gasteiger partial charge in [0, 0.05) is 23.7 Å². The average Bonchev–Trinajstić information content (AvgIpc) is 2.67. The molecule has 3 aromatic rings. The molecule has 0 saturated carbocycles. The number of hydrogen-bond acceptors (Lipinski definition) is 2. The summed E-state index contributed by atoms with van der Waals surface area (Å²) in [6.45, 7) is 8.24. The zero-order chi connectivity index (χ0) is 17.6.